The van der Waals surface area contributed by atoms with Gasteiger partial charge < -0.3 is 4.18 Å². The van der Waals surface area contributed by atoms with Crippen molar-refractivity contribution < 1.29 is 21.0 Å². The maximum absolute atomic E-state index is 11.5. The zero-order valence-electron chi connectivity index (χ0n) is 8.67. The van der Waals surface area contributed by atoms with E-state index in [0.29, 0.717) is 0 Å². The van der Waals surface area contributed by atoms with Gasteiger partial charge in [-0.2, -0.15) is 8.42 Å². The molecule has 0 aromatic heterocycles. The van der Waals surface area contributed by atoms with Crippen molar-refractivity contribution in [1.82, 2.24) is 4.72 Å². The molecule has 6 nitrogen and oxygen atoms in total. The van der Waals surface area contributed by atoms with Crippen molar-refractivity contribution in [3.05, 3.63) is 24.3 Å². The summed E-state index contributed by atoms with van der Waals surface area (Å²) in [5.74, 6) is -0.223. The smallest absolute Gasteiger partial charge is 0.306 e. The molecule has 0 saturated heterocycles. The minimum Gasteiger partial charge on any atom is -0.381 e. The summed E-state index contributed by atoms with van der Waals surface area (Å²) < 4.78 is 51.6. The number of benzene rings is 1. The van der Waals surface area contributed by atoms with Crippen LogP contribution in [-0.4, -0.2) is 30.1 Å². The van der Waals surface area contributed by atoms with E-state index in [1.54, 1.807) is 0 Å². The fourth-order valence-corrected chi connectivity index (χ4v) is 2.39. The molecule has 0 aliphatic rings. The Balaban J connectivity index is 3.32. The zero-order chi connectivity index (χ0) is 12.4. The third-order valence-corrected chi connectivity index (χ3v) is 3.58. The molecule has 1 rings (SSSR count). The van der Waals surface area contributed by atoms with Gasteiger partial charge in [0.15, 0.2) is 5.75 Å². The van der Waals surface area contributed by atoms with Crippen molar-refractivity contribution in [1.29, 1.82) is 0 Å². The lowest BCUT2D eigenvalue weighted by Gasteiger charge is -2.08. The minimum atomic E-state index is -3.76. The Labute approximate surface area is 94.4 Å². The van der Waals surface area contributed by atoms with E-state index in [-0.39, 0.29) is 10.6 Å². The van der Waals surface area contributed by atoms with Gasteiger partial charge >= 0.3 is 10.1 Å². The maximum atomic E-state index is 11.5. The lowest BCUT2D eigenvalue weighted by atomic mass is 10.3. The highest BCUT2D eigenvalue weighted by Gasteiger charge is 2.19. The Morgan fingerprint density at radius 1 is 1.12 bits per heavy atom. The zero-order valence-corrected chi connectivity index (χ0v) is 10.3. The van der Waals surface area contributed by atoms with Gasteiger partial charge in [0, 0.05) is 0 Å². The normalized spacial score (nSPS) is 12.4. The molecule has 1 aromatic rings. The molecule has 90 valence electrons. The standard InChI is InChI=1S/C8H11NO5S2/c1-9-16(12,13)8-6-4-3-5-7(8)14-15(2,10)11/h3-6,9H,1-2H3. The van der Waals surface area contributed by atoms with E-state index in [1.807, 2.05) is 0 Å². The Morgan fingerprint density at radius 3 is 2.19 bits per heavy atom. The number of rotatable bonds is 4. The molecule has 0 radical (unpaired) electrons. The van der Waals surface area contributed by atoms with Gasteiger partial charge in [-0.1, -0.05) is 12.1 Å². The monoisotopic (exact) mass is 265 g/mol. The molecule has 0 heterocycles. The van der Waals surface area contributed by atoms with Crippen LogP contribution in [0, 0.1) is 0 Å². The first-order chi connectivity index (χ1) is 7.26. The SMILES string of the molecule is CNS(=O)(=O)c1ccccc1OS(C)(=O)=O. The Morgan fingerprint density at radius 2 is 1.69 bits per heavy atom. The molecular formula is C8H11NO5S2. The minimum absolute atomic E-state index is 0.220. The summed E-state index contributed by atoms with van der Waals surface area (Å²) in [6.45, 7) is 0. The fourth-order valence-electron chi connectivity index (χ4n) is 1.01. The summed E-state index contributed by atoms with van der Waals surface area (Å²) in [5, 5.41) is 0. The number of para-hydroxylation sites is 1. The van der Waals surface area contributed by atoms with E-state index in [9.17, 15) is 16.8 Å². The second-order valence-corrected chi connectivity index (χ2v) is 6.37. The van der Waals surface area contributed by atoms with E-state index in [0.717, 1.165) is 6.26 Å². The number of nitrogens with one attached hydrogen (secondary N) is 1. The molecule has 0 atom stereocenters. The Hall–Kier alpha value is -1.12. The highest BCUT2D eigenvalue weighted by molar-refractivity contribution is 7.89. The molecule has 0 aliphatic heterocycles. The molecule has 0 bridgehead atoms. The van der Waals surface area contributed by atoms with Crippen LogP contribution in [0.2, 0.25) is 0 Å². The van der Waals surface area contributed by atoms with Crippen LogP contribution in [0.1, 0.15) is 0 Å². The average molecular weight is 265 g/mol. The van der Waals surface area contributed by atoms with Gasteiger partial charge in [-0.05, 0) is 19.2 Å². The lowest BCUT2D eigenvalue weighted by molar-refractivity contribution is 0.485. The van der Waals surface area contributed by atoms with E-state index < -0.39 is 20.1 Å². The summed E-state index contributed by atoms with van der Waals surface area (Å²) in [6, 6.07) is 5.48. The van der Waals surface area contributed by atoms with Gasteiger partial charge in [0.2, 0.25) is 10.0 Å². The quantitative estimate of drug-likeness (QED) is 0.770. The Bertz CT molecular complexity index is 576. The fraction of sp³-hybridized carbons (Fsp3) is 0.250. The van der Waals surface area contributed by atoms with Crippen LogP contribution in [0.3, 0.4) is 0 Å². The van der Waals surface area contributed by atoms with E-state index in [1.165, 1.54) is 31.3 Å². The summed E-state index contributed by atoms with van der Waals surface area (Å²) in [6.07, 6.45) is 0.843. The highest BCUT2D eigenvalue weighted by atomic mass is 32.2. The van der Waals surface area contributed by atoms with Crippen LogP contribution in [-0.2, 0) is 20.1 Å². The Kier molecular flexibility index (Phi) is 3.56. The van der Waals surface area contributed by atoms with Crippen molar-refractivity contribution in [2.24, 2.45) is 0 Å². The average Bonchev–Trinajstić information content (AvgIpc) is 2.16. The van der Waals surface area contributed by atoms with Gasteiger partial charge in [-0.15, -0.1) is 0 Å². The first-order valence-electron chi connectivity index (χ1n) is 4.18. The van der Waals surface area contributed by atoms with Crippen molar-refractivity contribution in [2.45, 2.75) is 4.90 Å². The van der Waals surface area contributed by atoms with Crippen LogP contribution < -0.4 is 8.91 Å². The third kappa shape index (κ3) is 3.19. The molecule has 0 spiro atoms. The van der Waals surface area contributed by atoms with E-state index in [2.05, 4.69) is 8.91 Å². The molecule has 0 amide bonds. The number of sulfonamides is 1. The molecule has 0 fully saturated rings. The summed E-state index contributed by atoms with van der Waals surface area (Å²) in [7, 11) is -6.27. The first kappa shape index (κ1) is 12.9. The van der Waals surface area contributed by atoms with Gasteiger partial charge in [0.05, 0.1) is 6.26 Å². The summed E-state index contributed by atoms with van der Waals surface area (Å²) in [4.78, 5) is -0.220. The van der Waals surface area contributed by atoms with Crippen LogP contribution in [0.5, 0.6) is 5.75 Å². The molecule has 0 unspecified atom stereocenters. The molecule has 8 heteroatoms. The van der Waals surface area contributed by atoms with Gasteiger partial charge in [-0.25, -0.2) is 13.1 Å². The second kappa shape index (κ2) is 4.40. The largest absolute Gasteiger partial charge is 0.381 e. The van der Waals surface area contributed by atoms with Crippen molar-refractivity contribution >= 4 is 20.1 Å². The summed E-state index contributed by atoms with van der Waals surface area (Å²) >= 11 is 0. The molecule has 16 heavy (non-hydrogen) atoms. The molecule has 0 aliphatic carbocycles. The van der Waals surface area contributed by atoms with Gasteiger partial charge in [0.1, 0.15) is 4.90 Å². The van der Waals surface area contributed by atoms with E-state index >= 15 is 0 Å². The molecule has 0 saturated carbocycles. The maximum Gasteiger partial charge on any atom is 0.306 e. The summed E-state index contributed by atoms with van der Waals surface area (Å²) in [5.41, 5.74) is 0. The van der Waals surface area contributed by atoms with Gasteiger partial charge in [-0.3, -0.25) is 0 Å². The number of hydrogen-bond donors (Lipinski definition) is 1. The predicted octanol–water partition coefficient (Wildman–Crippen LogP) is -0.0669. The van der Waals surface area contributed by atoms with Crippen molar-refractivity contribution in [3.63, 3.8) is 0 Å². The first-order valence-corrected chi connectivity index (χ1v) is 7.48. The molecular weight excluding hydrogens is 254 g/mol. The number of hydrogen-bond acceptors (Lipinski definition) is 5. The predicted molar refractivity (Wildman–Crippen MR) is 58.2 cm³/mol. The van der Waals surface area contributed by atoms with Crippen LogP contribution in [0.4, 0.5) is 0 Å². The lowest BCUT2D eigenvalue weighted by Crippen LogP contribution is -2.20. The highest BCUT2D eigenvalue weighted by Crippen LogP contribution is 2.23. The van der Waals surface area contributed by atoms with E-state index in [4.69, 9.17) is 0 Å². The third-order valence-electron chi connectivity index (χ3n) is 1.65. The topological polar surface area (TPSA) is 89.5 Å². The van der Waals surface area contributed by atoms with Crippen molar-refractivity contribution in [2.75, 3.05) is 13.3 Å². The van der Waals surface area contributed by atoms with Crippen molar-refractivity contribution in [3.8, 4) is 5.75 Å². The molecule has 1 N–H and O–H groups in total. The molecule has 1 aromatic carbocycles. The second-order valence-electron chi connectivity index (χ2n) is 2.94. The van der Waals surface area contributed by atoms with Crippen LogP contribution >= 0.6 is 0 Å². The van der Waals surface area contributed by atoms with Crippen LogP contribution in [0.15, 0.2) is 29.2 Å². The van der Waals surface area contributed by atoms with Crippen LogP contribution in [0.25, 0.3) is 0 Å². The van der Waals surface area contributed by atoms with Gasteiger partial charge in [0.25, 0.3) is 0 Å².